The average Bonchev–Trinajstić information content (AvgIpc) is 2.23. The zero-order chi connectivity index (χ0) is 10.7. The summed E-state index contributed by atoms with van der Waals surface area (Å²) in [6.45, 7) is 0. The van der Waals surface area contributed by atoms with E-state index in [4.69, 9.17) is 10.6 Å². The van der Waals surface area contributed by atoms with Crippen LogP contribution in [-0.4, -0.2) is 29.2 Å². The molecule has 0 amide bonds. The molecule has 15 heavy (non-hydrogen) atoms. The van der Waals surface area contributed by atoms with Crippen molar-refractivity contribution in [2.75, 3.05) is 17.9 Å². The number of nitrogens with two attached hydrogens (primary N) is 1. The minimum atomic E-state index is 0.386. The standard InChI is InChI=1S/C9H15N5O/c1-15-7-4-6(5-7)12-8-2-3-11-9(13-8)14-10/h2-3,6-7H,4-5,10H2,1H3,(H2,11,12,13,14). The molecule has 0 atom stereocenters. The fourth-order valence-electron chi connectivity index (χ4n) is 1.59. The Morgan fingerprint density at radius 2 is 2.33 bits per heavy atom. The first-order chi connectivity index (χ1) is 7.31. The van der Waals surface area contributed by atoms with Crippen LogP contribution in [0.2, 0.25) is 0 Å². The Hall–Kier alpha value is -1.40. The monoisotopic (exact) mass is 209 g/mol. The van der Waals surface area contributed by atoms with Crippen molar-refractivity contribution in [3.05, 3.63) is 12.3 Å². The predicted molar refractivity (Wildman–Crippen MR) is 57.3 cm³/mol. The zero-order valence-corrected chi connectivity index (χ0v) is 8.60. The van der Waals surface area contributed by atoms with Crippen LogP contribution in [0.25, 0.3) is 0 Å². The van der Waals surface area contributed by atoms with E-state index in [0.717, 1.165) is 18.7 Å². The first-order valence-electron chi connectivity index (χ1n) is 4.91. The number of hydrogen-bond donors (Lipinski definition) is 3. The van der Waals surface area contributed by atoms with E-state index in [2.05, 4.69) is 20.7 Å². The van der Waals surface area contributed by atoms with E-state index in [1.54, 1.807) is 13.3 Å². The van der Waals surface area contributed by atoms with Gasteiger partial charge in [0.25, 0.3) is 0 Å². The first-order valence-corrected chi connectivity index (χ1v) is 4.91. The van der Waals surface area contributed by atoms with E-state index in [1.807, 2.05) is 6.07 Å². The van der Waals surface area contributed by atoms with Crippen LogP contribution in [0, 0.1) is 0 Å². The van der Waals surface area contributed by atoms with Crippen molar-refractivity contribution in [3.63, 3.8) is 0 Å². The molecule has 0 bridgehead atoms. The van der Waals surface area contributed by atoms with Crippen molar-refractivity contribution in [3.8, 4) is 0 Å². The van der Waals surface area contributed by atoms with Crippen molar-refractivity contribution < 1.29 is 4.74 Å². The van der Waals surface area contributed by atoms with Crippen LogP contribution >= 0.6 is 0 Å². The summed E-state index contributed by atoms with van der Waals surface area (Å²) in [6, 6.07) is 2.26. The summed E-state index contributed by atoms with van der Waals surface area (Å²) in [5, 5.41) is 3.29. The molecule has 0 aromatic carbocycles. The lowest BCUT2D eigenvalue weighted by Gasteiger charge is -2.34. The van der Waals surface area contributed by atoms with E-state index >= 15 is 0 Å². The molecule has 1 aliphatic carbocycles. The lowest BCUT2D eigenvalue weighted by atomic mass is 9.89. The van der Waals surface area contributed by atoms with Crippen LogP contribution in [-0.2, 0) is 4.74 Å². The minimum Gasteiger partial charge on any atom is -0.381 e. The minimum absolute atomic E-state index is 0.386. The maximum atomic E-state index is 5.22. The van der Waals surface area contributed by atoms with Crippen LogP contribution in [0.5, 0.6) is 0 Å². The highest BCUT2D eigenvalue weighted by molar-refractivity contribution is 5.40. The van der Waals surface area contributed by atoms with Gasteiger partial charge in [0.2, 0.25) is 5.95 Å². The topological polar surface area (TPSA) is 85.1 Å². The van der Waals surface area contributed by atoms with E-state index in [-0.39, 0.29) is 0 Å². The van der Waals surface area contributed by atoms with Crippen LogP contribution < -0.4 is 16.6 Å². The number of hydrazine groups is 1. The van der Waals surface area contributed by atoms with Crippen molar-refractivity contribution >= 4 is 11.8 Å². The molecule has 1 aromatic rings. The quantitative estimate of drug-likeness (QED) is 0.490. The van der Waals surface area contributed by atoms with Crippen molar-refractivity contribution in [1.29, 1.82) is 0 Å². The normalized spacial score (nSPS) is 24.4. The molecular weight excluding hydrogens is 194 g/mol. The summed E-state index contributed by atoms with van der Waals surface area (Å²) < 4.78 is 5.19. The highest BCUT2D eigenvalue weighted by Gasteiger charge is 2.28. The Morgan fingerprint density at radius 3 is 3.00 bits per heavy atom. The van der Waals surface area contributed by atoms with Gasteiger partial charge in [0.15, 0.2) is 0 Å². The van der Waals surface area contributed by atoms with Crippen LogP contribution in [0.3, 0.4) is 0 Å². The first kappa shape index (κ1) is 10.1. The molecule has 6 nitrogen and oxygen atoms in total. The number of aromatic nitrogens is 2. The molecule has 1 fully saturated rings. The third-order valence-electron chi connectivity index (χ3n) is 2.56. The van der Waals surface area contributed by atoms with Gasteiger partial charge in [-0.15, -0.1) is 0 Å². The van der Waals surface area contributed by atoms with Gasteiger partial charge in [0.05, 0.1) is 6.10 Å². The highest BCUT2D eigenvalue weighted by Crippen LogP contribution is 2.25. The average molecular weight is 209 g/mol. The van der Waals surface area contributed by atoms with Crippen molar-refractivity contribution in [2.24, 2.45) is 5.84 Å². The molecule has 1 aliphatic rings. The fraction of sp³-hybridized carbons (Fsp3) is 0.556. The number of methoxy groups -OCH3 is 1. The number of ether oxygens (including phenoxy) is 1. The van der Waals surface area contributed by atoms with Gasteiger partial charge in [0.1, 0.15) is 5.82 Å². The molecule has 2 rings (SSSR count). The maximum absolute atomic E-state index is 5.22. The number of anilines is 2. The second kappa shape index (κ2) is 4.41. The number of hydrogen-bond acceptors (Lipinski definition) is 6. The Balaban J connectivity index is 1.88. The maximum Gasteiger partial charge on any atom is 0.239 e. The predicted octanol–water partition coefficient (Wildman–Crippen LogP) is 0.351. The molecule has 1 saturated carbocycles. The Morgan fingerprint density at radius 1 is 1.53 bits per heavy atom. The second-order valence-electron chi connectivity index (χ2n) is 3.58. The van der Waals surface area contributed by atoms with Crippen LogP contribution in [0.15, 0.2) is 12.3 Å². The van der Waals surface area contributed by atoms with Crippen molar-refractivity contribution in [2.45, 2.75) is 25.0 Å². The van der Waals surface area contributed by atoms with Gasteiger partial charge in [-0.05, 0) is 18.9 Å². The van der Waals surface area contributed by atoms with E-state index < -0.39 is 0 Å². The Labute approximate surface area is 88.2 Å². The van der Waals surface area contributed by atoms with Gasteiger partial charge in [0, 0.05) is 19.3 Å². The molecule has 0 unspecified atom stereocenters. The Kier molecular flexibility index (Phi) is 2.98. The number of nitrogen functional groups attached to an aromatic ring is 1. The van der Waals surface area contributed by atoms with Gasteiger partial charge < -0.3 is 10.1 Å². The van der Waals surface area contributed by atoms with Crippen LogP contribution in [0.4, 0.5) is 11.8 Å². The summed E-state index contributed by atoms with van der Waals surface area (Å²) in [4.78, 5) is 8.09. The summed E-state index contributed by atoms with van der Waals surface area (Å²) in [5.74, 6) is 6.43. The van der Waals surface area contributed by atoms with Gasteiger partial charge in [-0.25, -0.2) is 10.8 Å². The third-order valence-corrected chi connectivity index (χ3v) is 2.56. The highest BCUT2D eigenvalue weighted by atomic mass is 16.5. The van der Waals surface area contributed by atoms with E-state index in [1.165, 1.54) is 0 Å². The lowest BCUT2D eigenvalue weighted by Crippen LogP contribution is -2.40. The van der Waals surface area contributed by atoms with E-state index in [0.29, 0.717) is 18.1 Å². The number of nitrogens with zero attached hydrogens (tertiary/aromatic N) is 2. The molecule has 82 valence electrons. The Bertz CT molecular complexity index is 326. The molecule has 0 spiro atoms. The smallest absolute Gasteiger partial charge is 0.239 e. The molecule has 6 heteroatoms. The molecule has 1 aromatic heterocycles. The number of rotatable bonds is 4. The van der Waals surface area contributed by atoms with Gasteiger partial charge in [-0.1, -0.05) is 0 Å². The zero-order valence-electron chi connectivity index (χ0n) is 8.60. The summed E-state index contributed by atoms with van der Waals surface area (Å²) in [5.41, 5.74) is 2.41. The summed E-state index contributed by atoms with van der Waals surface area (Å²) >= 11 is 0. The fourth-order valence-corrected chi connectivity index (χ4v) is 1.59. The lowest BCUT2D eigenvalue weighted by molar-refractivity contribution is 0.0328. The molecule has 4 N–H and O–H groups in total. The van der Waals surface area contributed by atoms with Crippen molar-refractivity contribution in [1.82, 2.24) is 9.97 Å². The summed E-state index contributed by atoms with van der Waals surface area (Å²) in [6.07, 6.45) is 4.09. The second-order valence-corrected chi connectivity index (χ2v) is 3.58. The van der Waals surface area contributed by atoms with E-state index in [9.17, 15) is 0 Å². The molecule has 0 saturated heterocycles. The SMILES string of the molecule is COC1CC(Nc2ccnc(NN)n2)C1. The molecular formula is C9H15N5O. The summed E-state index contributed by atoms with van der Waals surface area (Å²) in [7, 11) is 1.74. The van der Waals surface area contributed by atoms with Gasteiger partial charge in [-0.3, -0.25) is 5.43 Å². The molecule has 1 heterocycles. The molecule has 0 radical (unpaired) electrons. The van der Waals surface area contributed by atoms with Crippen LogP contribution in [0.1, 0.15) is 12.8 Å². The van der Waals surface area contributed by atoms with Gasteiger partial charge in [-0.2, -0.15) is 4.98 Å². The molecule has 0 aliphatic heterocycles. The largest absolute Gasteiger partial charge is 0.381 e. The van der Waals surface area contributed by atoms with Gasteiger partial charge >= 0.3 is 0 Å². The number of nitrogens with one attached hydrogen (secondary N) is 2. The third kappa shape index (κ3) is 2.34.